The molecular formula is C86H67BN6O4. The first-order valence-electron chi connectivity index (χ1n) is 32.3. The molecule has 468 valence electrons. The molecule has 5 heterocycles. The highest BCUT2D eigenvalue weighted by Gasteiger charge is 2.52. The van der Waals surface area contributed by atoms with Crippen LogP contribution in [0.1, 0.15) is 57.4 Å². The number of benzene rings is 12. The highest BCUT2D eigenvalue weighted by Crippen LogP contribution is 2.47. The molecule has 1 fully saturated rings. The maximum absolute atomic E-state index is 6.47. The summed E-state index contributed by atoms with van der Waals surface area (Å²) in [5, 5.41) is 3.88. The topological polar surface area (TPSA) is 122 Å². The predicted octanol–water partition coefficient (Wildman–Crippen LogP) is 20.5. The van der Waals surface area contributed by atoms with Gasteiger partial charge in [0, 0.05) is 54.9 Å². The highest BCUT2D eigenvalue weighted by atomic mass is 16.7. The van der Waals surface area contributed by atoms with E-state index in [4.69, 9.17) is 48.0 Å². The Morgan fingerprint density at radius 2 is 0.598 bits per heavy atom. The molecule has 0 aliphatic carbocycles. The third-order valence-electron chi connectivity index (χ3n) is 18.7. The highest BCUT2D eigenvalue weighted by molar-refractivity contribution is 6.62. The smallest absolute Gasteiger partial charge is 0.456 e. The zero-order chi connectivity index (χ0) is 64.8. The maximum atomic E-state index is 6.47. The summed E-state index contributed by atoms with van der Waals surface area (Å²) in [4.78, 5) is 29.8. The lowest BCUT2D eigenvalue weighted by Gasteiger charge is -2.37. The van der Waals surface area contributed by atoms with Gasteiger partial charge in [0.25, 0.3) is 0 Å². The first-order chi connectivity index (χ1) is 47.0. The van der Waals surface area contributed by atoms with Crippen LogP contribution >= 0.6 is 0 Å². The van der Waals surface area contributed by atoms with Crippen LogP contribution in [0.2, 0.25) is 0 Å². The fourth-order valence-electron chi connectivity index (χ4n) is 13.2. The molecule has 4 aromatic heterocycles. The molecule has 1 aliphatic heterocycles. The van der Waals surface area contributed by atoms with E-state index in [1.54, 1.807) is 0 Å². The molecule has 11 heteroatoms. The van der Waals surface area contributed by atoms with Gasteiger partial charge in [0.1, 0.15) is 22.3 Å². The molecule has 12 aromatic carbocycles. The second-order valence-corrected chi connectivity index (χ2v) is 25.1. The van der Waals surface area contributed by atoms with Gasteiger partial charge in [-0.05, 0) is 96.9 Å². The Labute approximate surface area is 564 Å². The summed E-state index contributed by atoms with van der Waals surface area (Å²) in [5.74, 6) is 3.66. The van der Waals surface area contributed by atoms with Gasteiger partial charge in [-0.25, -0.2) is 29.9 Å². The molecule has 16 aromatic rings. The van der Waals surface area contributed by atoms with Crippen LogP contribution in [0.5, 0.6) is 0 Å². The van der Waals surface area contributed by atoms with Crippen LogP contribution in [-0.4, -0.2) is 48.2 Å². The van der Waals surface area contributed by atoms with E-state index in [2.05, 4.69) is 173 Å². The van der Waals surface area contributed by atoms with Crippen LogP contribution in [0, 0.1) is 0 Å². The van der Waals surface area contributed by atoms with Crippen LogP contribution < -0.4 is 5.46 Å². The molecule has 17 rings (SSSR count). The zero-order valence-corrected chi connectivity index (χ0v) is 53.3. The summed E-state index contributed by atoms with van der Waals surface area (Å²) >= 11 is 0. The van der Waals surface area contributed by atoms with Gasteiger partial charge >= 0.3 is 7.12 Å². The van der Waals surface area contributed by atoms with Gasteiger partial charge in [-0.1, -0.05) is 286 Å². The molecule has 0 saturated carbocycles. The van der Waals surface area contributed by atoms with Gasteiger partial charge in [-0.15, -0.1) is 0 Å². The summed E-state index contributed by atoms with van der Waals surface area (Å²) in [6, 6.07) is 106. The molecule has 1 aliphatic rings. The van der Waals surface area contributed by atoms with Gasteiger partial charge in [0.05, 0.1) is 16.6 Å². The number of rotatable bonds is 12. The molecule has 0 amide bonds. The molecule has 0 bridgehead atoms. The second kappa shape index (κ2) is 25.5. The number of fused-ring (bicyclic) bond motifs is 6. The van der Waals surface area contributed by atoms with Gasteiger partial charge in [-0.3, -0.25) is 0 Å². The first-order valence-corrected chi connectivity index (χ1v) is 32.3. The average molecular weight is 1260 g/mol. The Morgan fingerprint density at radius 1 is 0.278 bits per heavy atom. The fourth-order valence-corrected chi connectivity index (χ4v) is 13.2. The van der Waals surface area contributed by atoms with Crippen LogP contribution in [0.3, 0.4) is 0 Å². The van der Waals surface area contributed by atoms with E-state index in [0.717, 1.165) is 93.8 Å². The van der Waals surface area contributed by atoms with Gasteiger partial charge in [0.15, 0.2) is 34.9 Å². The van der Waals surface area contributed by atoms with Crippen molar-refractivity contribution in [2.24, 2.45) is 0 Å². The van der Waals surface area contributed by atoms with Crippen molar-refractivity contribution in [1.82, 2.24) is 29.9 Å². The van der Waals surface area contributed by atoms with E-state index in [-0.39, 0.29) is 7.43 Å². The molecule has 0 radical (unpaired) electrons. The van der Waals surface area contributed by atoms with Crippen LogP contribution in [0.4, 0.5) is 0 Å². The van der Waals surface area contributed by atoms with Crippen LogP contribution in [0.15, 0.2) is 318 Å². The Balaban J connectivity index is 0.000000166. The van der Waals surface area contributed by atoms with Crippen molar-refractivity contribution in [2.45, 2.75) is 51.7 Å². The van der Waals surface area contributed by atoms with Crippen molar-refractivity contribution in [3.8, 4) is 79.5 Å². The van der Waals surface area contributed by atoms with E-state index < -0.39 is 23.7 Å². The molecule has 0 atom stereocenters. The maximum Gasteiger partial charge on any atom is 0.494 e. The van der Waals surface area contributed by atoms with Crippen molar-refractivity contribution in [3.05, 3.63) is 332 Å². The minimum atomic E-state index is -0.510. The summed E-state index contributed by atoms with van der Waals surface area (Å²) in [6.07, 6.45) is 0. The van der Waals surface area contributed by atoms with Crippen molar-refractivity contribution in [2.75, 3.05) is 0 Å². The third-order valence-corrected chi connectivity index (χ3v) is 18.7. The van der Waals surface area contributed by atoms with Crippen molar-refractivity contribution in [1.29, 1.82) is 0 Å². The Hall–Kier alpha value is -11.8. The van der Waals surface area contributed by atoms with Gasteiger partial charge < -0.3 is 18.1 Å². The van der Waals surface area contributed by atoms with Crippen LogP contribution in [-0.2, 0) is 14.7 Å². The normalized spacial score (nSPS) is 13.3. The Bertz CT molecular complexity index is 5240. The zero-order valence-electron chi connectivity index (χ0n) is 53.3. The number of hydrogen-bond acceptors (Lipinski definition) is 10. The molecule has 0 spiro atoms. The lowest BCUT2D eigenvalue weighted by molar-refractivity contribution is 0.00578. The summed E-state index contributed by atoms with van der Waals surface area (Å²) in [6.45, 7) is 8.25. The van der Waals surface area contributed by atoms with Gasteiger partial charge in [-0.2, -0.15) is 0 Å². The minimum Gasteiger partial charge on any atom is -0.456 e. The second-order valence-electron chi connectivity index (χ2n) is 25.1. The monoisotopic (exact) mass is 1260 g/mol. The van der Waals surface area contributed by atoms with Crippen LogP contribution in [0.25, 0.3) is 123 Å². The number of nitrogens with zero attached hydrogens (tertiary/aromatic N) is 6. The van der Waals surface area contributed by atoms with Crippen molar-refractivity contribution in [3.63, 3.8) is 0 Å². The lowest BCUT2D eigenvalue weighted by Crippen LogP contribution is -2.41. The number of furan rings is 2. The quantitative estimate of drug-likeness (QED) is 0.0863. The summed E-state index contributed by atoms with van der Waals surface area (Å²) in [7, 11) is -0.474. The van der Waals surface area contributed by atoms with Crippen molar-refractivity contribution >= 4 is 56.5 Å². The Kier molecular flexibility index (Phi) is 16.2. The predicted molar refractivity (Wildman–Crippen MR) is 393 cm³/mol. The average Bonchev–Trinajstić information content (AvgIpc) is 0.834. The van der Waals surface area contributed by atoms with E-state index in [9.17, 15) is 0 Å². The molecule has 1 saturated heterocycles. The lowest BCUT2D eigenvalue weighted by atomic mass is 9.65. The SMILES string of the molecule is C.CC1(C)OB(c2ccc3oc4cccc(-c5nc(-c6ccccc6)nc(-c6ccccc6)n5)c4c3c2)OC1(C)C.c1ccc(-c2nc(-c3ccccc3)nc(-c3cccc4oc5ccc(-c6ccc(C(c7ccccc7)(c7ccccc7)c7ccccc7)cc6)cc5c34)n2)cc1. The van der Waals surface area contributed by atoms with E-state index in [1.807, 2.05) is 164 Å². The molecule has 0 N–H and O–H groups in total. The van der Waals surface area contributed by atoms with E-state index in [0.29, 0.717) is 34.9 Å². The van der Waals surface area contributed by atoms with Gasteiger partial charge in [0.2, 0.25) is 0 Å². The molecular weight excluding hydrogens is 1190 g/mol. The van der Waals surface area contributed by atoms with E-state index in [1.165, 1.54) is 22.3 Å². The summed E-state index contributed by atoms with van der Waals surface area (Å²) < 4.78 is 25.5. The molecule has 10 nitrogen and oxygen atoms in total. The van der Waals surface area contributed by atoms with Crippen molar-refractivity contribution < 1.29 is 18.1 Å². The Morgan fingerprint density at radius 3 is 0.979 bits per heavy atom. The molecule has 97 heavy (non-hydrogen) atoms. The minimum absolute atomic E-state index is 0. The molecule has 0 unspecified atom stereocenters. The van der Waals surface area contributed by atoms with E-state index >= 15 is 0 Å². The summed E-state index contributed by atoms with van der Waals surface area (Å²) in [5.41, 5.74) is 15.2. The standard InChI is InChI=1S/C52H35N3O.C33H28BN3O3.CH4/c1-6-17-37(18-7-1)49-53-50(38-19-8-2-9-20-38)55-51(54-49)44-27-16-28-47-48(44)45-35-39(31-34-46(45)56-47)36-29-32-43(33-30-36)52(40-21-10-3-11-22-40,41-23-12-4-13-24-41)42-25-14-5-15-26-42;1-32(2)33(3,4)40-34(39-32)23-18-19-26-25(20-23)28-24(16-11-17-27(28)38-26)31-36-29(21-12-7-5-8-13-21)35-30(37-31)22-14-9-6-10-15-22;/h1-35H;5-20H,1-4H3;1H4. The third kappa shape index (κ3) is 11.4. The first kappa shape index (κ1) is 61.4. The fraction of sp³-hybridized carbons (Fsp3) is 0.0930. The number of aromatic nitrogens is 6. The largest absolute Gasteiger partial charge is 0.494 e. The number of hydrogen-bond donors (Lipinski definition) is 0.